The van der Waals surface area contributed by atoms with E-state index < -0.39 is 0 Å². The number of allylic oxidation sites excluding steroid dienone is 4. The van der Waals surface area contributed by atoms with Gasteiger partial charge in [0.1, 0.15) is 11.5 Å². The highest BCUT2D eigenvalue weighted by molar-refractivity contribution is 8.76. The number of rotatable bonds is 49. The van der Waals surface area contributed by atoms with Crippen molar-refractivity contribution in [3.05, 3.63) is 84.0 Å². The first-order valence-corrected chi connectivity index (χ1v) is 35.7. The van der Waals surface area contributed by atoms with Crippen LogP contribution in [-0.4, -0.2) is 97.7 Å². The van der Waals surface area contributed by atoms with Crippen molar-refractivity contribution in [1.82, 2.24) is 9.80 Å². The number of piperidine rings is 2. The lowest BCUT2D eigenvalue weighted by molar-refractivity contribution is -0.144. The SMILES string of the molecule is CCCCCCCCC=CCCCCCCCC(=O)Oc1ccc(CC(=O)OCCC2CCN(CCSSCCN3CCC(CCOC(=O)Cc4ccc(OC(=O)CCCCCCCC=CCCCCCCCC)cc4)CC3)CC2)cc1. The summed E-state index contributed by atoms with van der Waals surface area (Å²) in [6.07, 6.45) is 49.1. The van der Waals surface area contributed by atoms with Crippen LogP contribution in [-0.2, 0) is 41.5 Å². The summed E-state index contributed by atoms with van der Waals surface area (Å²) in [5.74, 6) is 3.69. The van der Waals surface area contributed by atoms with E-state index in [-0.39, 0.29) is 36.7 Å². The molecule has 12 heteroatoms. The second kappa shape index (κ2) is 48.6. The fourth-order valence-corrected chi connectivity index (χ4v) is 13.0. The molecule has 0 aromatic heterocycles. The quantitative estimate of drug-likeness (QED) is 0.0207. The number of esters is 4. The summed E-state index contributed by atoms with van der Waals surface area (Å²) in [6, 6.07) is 14.5. The summed E-state index contributed by atoms with van der Waals surface area (Å²) in [4.78, 5) is 55.2. The number of benzene rings is 2. The van der Waals surface area contributed by atoms with Crippen LogP contribution in [0.1, 0.15) is 243 Å². The number of nitrogens with zero attached hydrogens (tertiary/aromatic N) is 2. The first-order chi connectivity index (χ1) is 40.3. The van der Waals surface area contributed by atoms with Gasteiger partial charge in [-0.05, 0) is 176 Å². The Morgan fingerprint density at radius 3 is 1.09 bits per heavy atom. The van der Waals surface area contributed by atoms with Gasteiger partial charge in [0.2, 0.25) is 0 Å². The monoisotopic (exact) mass is 1170 g/mol. The molecule has 0 spiro atoms. The lowest BCUT2D eigenvalue weighted by atomic mass is 9.94. The van der Waals surface area contributed by atoms with Crippen LogP contribution in [0.3, 0.4) is 0 Å². The molecule has 82 heavy (non-hydrogen) atoms. The Balaban J connectivity index is 0.884. The topological polar surface area (TPSA) is 112 Å². The number of carbonyl (C=O) groups excluding carboxylic acids is 4. The van der Waals surface area contributed by atoms with Gasteiger partial charge in [-0.3, -0.25) is 19.2 Å². The zero-order chi connectivity index (χ0) is 58.2. The Kier molecular flexibility index (Phi) is 42.1. The molecule has 462 valence electrons. The number of hydrogen-bond acceptors (Lipinski definition) is 12. The standard InChI is InChI=1S/C70H112N2O8S2/c1-3-5-7-9-11-13-15-17-19-21-23-25-27-29-31-33-67(73)79-65-39-35-63(36-40-65)59-69(75)77-55-47-61-43-49-71(50-44-61)53-57-81-82-58-54-72-51-45-62(46-52-72)48-56-78-70(76)60-64-37-41-66(42-38-64)80-68(74)34-32-30-28-26-24-22-20-18-16-14-12-10-8-6-4-2/h17-20,35-42,61-62H,3-16,21-34,43-60H2,1-2H3. The lowest BCUT2D eigenvalue weighted by Crippen LogP contribution is -2.36. The normalized spacial score (nSPS) is 14.7. The van der Waals surface area contributed by atoms with Gasteiger partial charge in [0.05, 0.1) is 26.1 Å². The fraction of sp³-hybridized carbons (Fsp3) is 0.714. The maximum absolute atomic E-state index is 12.6. The first-order valence-electron chi connectivity index (χ1n) is 33.2. The molecule has 0 bridgehead atoms. The van der Waals surface area contributed by atoms with Crippen molar-refractivity contribution < 1.29 is 38.1 Å². The summed E-state index contributed by atoms with van der Waals surface area (Å²) in [5.41, 5.74) is 1.72. The average molecular weight is 1170 g/mol. The van der Waals surface area contributed by atoms with E-state index in [0.717, 1.165) is 152 Å². The van der Waals surface area contributed by atoms with Gasteiger partial charge < -0.3 is 28.7 Å². The number of unbranched alkanes of at least 4 members (excludes halogenated alkanes) is 22. The van der Waals surface area contributed by atoms with Gasteiger partial charge in [-0.1, -0.05) is 187 Å². The van der Waals surface area contributed by atoms with Crippen molar-refractivity contribution in [2.24, 2.45) is 11.8 Å². The van der Waals surface area contributed by atoms with Crippen LogP contribution in [0, 0.1) is 11.8 Å². The molecule has 0 N–H and O–H groups in total. The van der Waals surface area contributed by atoms with Crippen LogP contribution in [0.2, 0.25) is 0 Å². The van der Waals surface area contributed by atoms with Gasteiger partial charge in [-0.25, -0.2) is 0 Å². The van der Waals surface area contributed by atoms with Crippen LogP contribution >= 0.6 is 21.6 Å². The molecule has 4 rings (SSSR count). The van der Waals surface area contributed by atoms with Gasteiger partial charge in [-0.15, -0.1) is 0 Å². The van der Waals surface area contributed by atoms with Crippen LogP contribution in [0.25, 0.3) is 0 Å². The Morgan fingerprint density at radius 1 is 0.427 bits per heavy atom. The average Bonchev–Trinajstić information content (AvgIpc) is 3.49. The van der Waals surface area contributed by atoms with E-state index in [1.807, 2.05) is 45.9 Å². The van der Waals surface area contributed by atoms with E-state index in [9.17, 15) is 19.2 Å². The van der Waals surface area contributed by atoms with Crippen molar-refractivity contribution in [1.29, 1.82) is 0 Å². The van der Waals surface area contributed by atoms with Gasteiger partial charge in [0.15, 0.2) is 0 Å². The third kappa shape index (κ3) is 37.7. The molecular formula is C70H112N2O8S2. The van der Waals surface area contributed by atoms with E-state index >= 15 is 0 Å². The largest absolute Gasteiger partial charge is 0.465 e. The smallest absolute Gasteiger partial charge is 0.311 e. The van der Waals surface area contributed by atoms with E-state index in [1.165, 1.54) is 116 Å². The van der Waals surface area contributed by atoms with Crippen molar-refractivity contribution in [3.8, 4) is 11.5 Å². The maximum atomic E-state index is 12.6. The molecule has 2 aliphatic rings. The molecule has 2 saturated heterocycles. The van der Waals surface area contributed by atoms with Gasteiger partial charge in [0.25, 0.3) is 0 Å². The second-order valence-corrected chi connectivity index (χ2v) is 26.2. The van der Waals surface area contributed by atoms with Crippen molar-refractivity contribution in [2.45, 2.75) is 245 Å². The molecule has 0 aliphatic carbocycles. The molecule has 10 nitrogen and oxygen atoms in total. The number of carbonyl (C=O) groups is 4. The molecule has 2 aromatic rings. The fourth-order valence-electron chi connectivity index (χ4n) is 11.0. The second-order valence-electron chi connectivity index (χ2n) is 23.5. The number of ether oxygens (including phenoxy) is 4. The summed E-state index contributed by atoms with van der Waals surface area (Å²) < 4.78 is 22.4. The minimum atomic E-state index is -0.210. The summed E-state index contributed by atoms with van der Waals surface area (Å²) in [7, 11) is 3.98. The van der Waals surface area contributed by atoms with E-state index in [2.05, 4.69) is 48.0 Å². The Labute approximate surface area is 507 Å². The molecule has 0 unspecified atom stereocenters. The van der Waals surface area contributed by atoms with E-state index in [4.69, 9.17) is 18.9 Å². The molecule has 0 amide bonds. The zero-order valence-corrected chi connectivity index (χ0v) is 53.2. The minimum absolute atomic E-state index is 0.196. The molecule has 0 radical (unpaired) electrons. The third-order valence-electron chi connectivity index (χ3n) is 16.4. The van der Waals surface area contributed by atoms with Crippen molar-refractivity contribution in [2.75, 3.05) is 64.0 Å². The Hall–Kier alpha value is -3.58. The van der Waals surface area contributed by atoms with E-state index in [1.54, 1.807) is 24.3 Å². The predicted molar refractivity (Wildman–Crippen MR) is 345 cm³/mol. The lowest BCUT2D eigenvalue weighted by Gasteiger charge is -2.32. The molecule has 2 aliphatic heterocycles. The van der Waals surface area contributed by atoms with Crippen molar-refractivity contribution >= 4 is 45.5 Å². The van der Waals surface area contributed by atoms with Crippen LogP contribution in [0.15, 0.2) is 72.8 Å². The Morgan fingerprint density at radius 2 is 0.744 bits per heavy atom. The molecule has 2 aromatic carbocycles. The van der Waals surface area contributed by atoms with Gasteiger partial charge in [-0.2, -0.15) is 0 Å². The number of likely N-dealkylation sites (tertiary alicyclic amines) is 2. The van der Waals surface area contributed by atoms with Gasteiger partial charge in [0, 0.05) is 37.4 Å². The zero-order valence-electron chi connectivity index (χ0n) is 51.6. The van der Waals surface area contributed by atoms with Crippen LogP contribution < -0.4 is 9.47 Å². The maximum Gasteiger partial charge on any atom is 0.311 e. The summed E-state index contributed by atoms with van der Waals surface area (Å²) in [6.45, 7) is 12.1. The molecule has 0 atom stereocenters. The molecule has 2 fully saturated rings. The Bertz CT molecular complexity index is 1840. The highest BCUT2D eigenvalue weighted by atomic mass is 33.1. The third-order valence-corrected chi connectivity index (χ3v) is 18.7. The summed E-state index contributed by atoms with van der Waals surface area (Å²) >= 11 is 0. The number of hydrogen-bond donors (Lipinski definition) is 0. The van der Waals surface area contributed by atoms with E-state index in [0.29, 0.717) is 49.4 Å². The van der Waals surface area contributed by atoms with Crippen LogP contribution in [0.4, 0.5) is 0 Å². The van der Waals surface area contributed by atoms with Gasteiger partial charge >= 0.3 is 23.9 Å². The molecular weight excluding hydrogens is 1060 g/mol. The highest BCUT2D eigenvalue weighted by Crippen LogP contribution is 2.27. The first kappa shape index (κ1) is 70.9. The molecule has 0 saturated carbocycles. The summed E-state index contributed by atoms with van der Waals surface area (Å²) in [5, 5.41) is 0. The van der Waals surface area contributed by atoms with Crippen LogP contribution in [0.5, 0.6) is 11.5 Å². The predicted octanol–water partition coefficient (Wildman–Crippen LogP) is 18.0. The minimum Gasteiger partial charge on any atom is -0.465 e. The molecule has 2 heterocycles. The van der Waals surface area contributed by atoms with Crippen molar-refractivity contribution in [3.63, 3.8) is 0 Å². The highest BCUT2D eigenvalue weighted by Gasteiger charge is 2.21.